The maximum atomic E-state index is 12.7. The van der Waals surface area contributed by atoms with Gasteiger partial charge >= 0.3 is 10.2 Å². The van der Waals surface area contributed by atoms with Crippen molar-refractivity contribution in [2.45, 2.75) is 17.4 Å². The molecule has 1 amide bonds. The van der Waals surface area contributed by atoms with Gasteiger partial charge < -0.3 is 10.1 Å². The number of halogens is 7. The number of rotatable bonds is 6. The fourth-order valence-corrected chi connectivity index (χ4v) is 3.10. The van der Waals surface area contributed by atoms with E-state index in [4.69, 9.17) is 27.9 Å². The van der Waals surface area contributed by atoms with Gasteiger partial charge in [-0.15, -0.1) is 0 Å². The molecule has 0 fully saturated rings. The van der Waals surface area contributed by atoms with Gasteiger partial charge in [-0.3, -0.25) is 4.79 Å². The Labute approximate surface area is 172 Å². The Balaban J connectivity index is 2.15. The Kier molecular flexibility index (Phi) is 5.51. The van der Waals surface area contributed by atoms with E-state index in [1.807, 2.05) is 0 Å². The fraction of sp³-hybridized carbons (Fsp3) is 0.176. The average molecular weight is 475 g/mol. The van der Waals surface area contributed by atoms with Crippen molar-refractivity contribution in [1.82, 2.24) is 5.32 Å². The third kappa shape index (κ3) is 5.88. The number of nitrogens with one attached hydrogen (secondary N) is 1. The molecule has 0 aromatic heterocycles. The summed E-state index contributed by atoms with van der Waals surface area (Å²) in [7, 11) is -9.84. The van der Waals surface area contributed by atoms with Crippen molar-refractivity contribution in [1.29, 1.82) is 5.26 Å². The zero-order chi connectivity index (χ0) is 22.2. The summed E-state index contributed by atoms with van der Waals surface area (Å²) in [5.41, 5.74) is -1.96. The fourth-order valence-electron chi connectivity index (χ4n) is 2.10. The second-order valence-corrected chi connectivity index (χ2v) is 9.43. The summed E-state index contributed by atoms with van der Waals surface area (Å²) in [4.78, 5) is 10.1. The molecule has 0 aliphatic rings. The molecular formula is C17H13Cl2F5N2O2S. The van der Waals surface area contributed by atoms with Crippen LogP contribution in [0.5, 0.6) is 5.75 Å². The molecule has 0 aliphatic carbocycles. The zero-order valence-electron chi connectivity index (χ0n) is 14.6. The molecule has 1 N–H and O–H groups in total. The molecule has 0 heterocycles. The molecular weight excluding hydrogens is 462 g/mol. The highest BCUT2D eigenvalue weighted by molar-refractivity contribution is 8.45. The molecule has 1 unspecified atom stereocenters. The van der Waals surface area contributed by atoms with Crippen molar-refractivity contribution in [3.8, 4) is 11.8 Å². The molecule has 0 saturated heterocycles. The number of benzene rings is 2. The summed E-state index contributed by atoms with van der Waals surface area (Å²) in [6.07, 6.45) is 0. The highest BCUT2D eigenvalue weighted by Gasteiger charge is 2.65. The lowest BCUT2D eigenvalue weighted by Crippen LogP contribution is -2.49. The lowest BCUT2D eigenvalue weighted by molar-refractivity contribution is 0.0901. The van der Waals surface area contributed by atoms with E-state index in [0.29, 0.717) is 12.1 Å². The van der Waals surface area contributed by atoms with Crippen molar-refractivity contribution in [2.75, 3.05) is 6.61 Å². The van der Waals surface area contributed by atoms with Gasteiger partial charge in [0.25, 0.3) is 5.91 Å². The predicted molar refractivity (Wildman–Crippen MR) is 101 cm³/mol. The normalized spacial score (nSPS) is 16.0. The summed E-state index contributed by atoms with van der Waals surface area (Å²) < 4.78 is 69.1. The van der Waals surface area contributed by atoms with Crippen molar-refractivity contribution in [2.24, 2.45) is 0 Å². The van der Waals surface area contributed by atoms with Gasteiger partial charge in [0.1, 0.15) is 22.3 Å². The van der Waals surface area contributed by atoms with Crippen molar-refractivity contribution in [3.05, 3.63) is 58.1 Å². The molecule has 0 radical (unpaired) electrons. The second kappa shape index (κ2) is 6.93. The Morgan fingerprint density at radius 3 is 2.24 bits per heavy atom. The molecule has 2 aromatic rings. The van der Waals surface area contributed by atoms with Gasteiger partial charge in [-0.05, 0) is 43.3 Å². The topological polar surface area (TPSA) is 62.1 Å². The van der Waals surface area contributed by atoms with E-state index in [0.717, 1.165) is 0 Å². The molecule has 2 aromatic carbocycles. The summed E-state index contributed by atoms with van der Waals surface area (Å²) in [6.45, 7) is 0.922. The van der Waals surface area contributed by atoms with Crippen LogP contribution in [-0.4, -0.2) is 18.1 Å². The van der Waals surface area contributed by atoms with E-state index in [1.54, 1.807) is 12.1 Å². The van der Waals surface area contributed by atoms with Gasteiger partial charge in [0.15, 0.2) is 5.54 Å². The summed E-state index contributed by atoms with van der Waals surface area (Å²) in [6, 6.07) is 7.75. The van der Waals surface area contributed by atoms with Crippen LogP contribution in [0.25, 0.3) is 0 Å². The molecule has 1 atom stereocenters. The van der Waals surface area contributed by atoms with Crippen LogP contribution in [0.4, 0.5) is 19.4 Å². The molecule has 0 bridgehead atoms. The molecule has 158 valence electrons. The Hall–Kier alpha value is -2.22. The molecule has 29 heavy (non-hydrogen) atoms. The first-order valence-corrected chi connectivity index (χ1v) is 10.4. The SMILES string of the molecule is CC(C#N)(COc1cccc(Cl)c1Cl)NC(=O)c1ccc(S(F)(F)(F)(F)F)cc1. The number of amides is 1. The van der Waals surface area contributed by atoms with Gasteiger partial charge in [-0.2, -0.15) is 5.26 Å². The first-order chi connectivity index (χ1) is 13.0. The van der Waals surface area contributed by atoms with Crippen LogP contribution in [0, 0.1) is 11.3 Å². The van der Waals surface area contributed by atoms with E-state index in [9.17, 15) is 29.5 Å². The van der Waals surface area contributed by atoms with Crippen LogP contribution in [-0.2, 0) is 0 Å². The van der Waals surface area contributed by atoms with E-state index < -0.39 is 26.6 Å². The van der Waals surface area contributed by atoms with E-state index >= 15 is 0 Å². The largest absolute Gasteiger partial charge is 0.488 e. The third-order valence-corrected chi connectivity index (χ3v) is 5.60. The van der Waals surface area contributed by atoms with Crippen molar-refractivity contribution >= 4 is 39.3 Å². The van der Waals surface area contributed by atoms with Gasteiger partial charge in [0, 0.05) is 5.56 Å². The minimum atomic E-state index is -9.84. The lowest BCUT2D eigenvalue weighted by Gasteiger charge is -2.40. The molecule has 12 heteroatoms. The quantitative estimate of drug-likeness (QED) is 0.471. The molecule has 2 rings (SSSR count). The van der Waals surface area contributed by atoms with Crippen molar-refractivity contribution < 1.29 is 29.0 Å². The number of nitrogens with zero attached hydrogens (tertiary/aromatic N) is 1. The maximum Gasteiger partial charge on any atom is 0.310 e. The minimum Gasteiger partial charge on any atom is -0.488 e. The van der Waals surface area contributed by atoms with Crippen LogP contribution in [0.2, 0.25) is 10.0 Å². The number of hydrogen-bond acceptors (Lipinski definition) is 3. The summed E-state index contributed by atoms with van der Waals surface area (Å²) in [5, 5.41) is 11.9. The highest BCUT2D eigenvalue weighted by atomic mass is 35.5. The van der Waals surface area contributed by atoms with E-state index in [2.05, 4.69) is 5.32 Å². The van der Waals surface area contributed by atoms with Crippen LogP contribution in [0.3, 0.4) is 0 Å². The second-order valence-electron chi connectivity index (χ2n) is 6.23. The van der Waals surface area contributed by atoms with Crippen LogP contribution >= 0.6 is 33.4 Å². The first-order valence-electron chi connectivity index (χ1n) is 7.69. The monoisotopic (exact) mass is 474 g/mol. The summed E-state index contributed by atoms with van der Waals surface area (Å²) in [5.74, 6) is -0.807. The predicted octanol–water partition coefficient (Wildman–Crippen LogP) is 6.74. The number of hydrogen-bond donors (Lipinski definition) is 1. The Morgan fingerprint density at radius 1 is 1.14 bits per heavy atom. The van der Waals surface area contributed by atoms with Gasteiger partial charge in [-0.25, -0.2) is 0 Å². The third-order valence-electron chi connectivity index (χ3n) is 3.63. The molecule has 0 spiro atoms. The van der Waals surface area contributed by atoms with Gasteiger partial charge in [0.2, 0.25) is 0 Å². The number of carbonyl (C=O) groups excluding carboxylic acids is 1. The van der Waals surface area contributed by atoms with Crippen LogP contribution in [0.1, 0.15) is 17.3 Å². The van der Waals surface area contributed by atoms with Gasteiger partial charge in [0.05, 0.1) is 11.1 Å². The number of carbonyl (C=O) groups is 1. The zero-order valence-corrected chi connectivity index (χ0v) is 16.9. The molecule has 0 saturated carbocycles. The lowest BCUT2D eigenvalue weighted by atomic mass is 10.1. The smallest absolute Gasteiger partial charge is 0.310 e. The number of ether oxygens (including phenoxy) is 1. The highest BCUT2D eigenvalue weighted by Crippen LogP contribution is 3.02. The maximum absolute atomic E-state index is 12.7. The van der Waals surface area contributed by atoms with Gasteiger partial charge in [-0.1, -0.05) is 48.7 Å². The molecule has 0 aliphatic heterocycles. The summed E-state index contributed by atoms with van der Waals surface area (Å²) >= 11 is 11.8. The van der Waals surface area contributed by atoms with Crippen molar-refractivity contribution in [3.63, 3.8) is 0 Å². The Bertz CT molecular complexity index is 995. The standard InChI is InChI=1S/C17H13Cl2F5N2O2S/c1-17(9-25,10-28-14-4-2-3-13(18)15(14)19)26-16(27)11-5-7-12(8-6-11)29(20,21,22,23)24/h2-8H,10H2,1H3,(H,26,27). The first kappa shape index (κ1) is 23.1. The minimum absolute atomic E-state index is 0.0902. The number of nitriles is 1. The average Bonchev–Trinajstić information content (AvgIpc) is 2.61. The van der Waals surface area contributed by atoms with Crippen LogP contribution < -0.4 is 10.1 Å². The molecule has 4 nitrogen and oxygen atoms in total. The Morgan fingerprint density at radius 2 is 1.72 bits per heavy atom. The van der Waals surface area contributed by atoms with Crippen LogP contribution in [0.15, 0.2) is 47.4 Å². The van der Waals surface area contributed by atoms with E-state index in [-0.39, 0.29) is 40.1 Å². The van der Waals surface area contributed by atoms with E-state index in [1.165, 1.54) is 19.1 Å².